The van der Waals surface area contributed by atoms with Crippen LogP contribution < -0.4 is 0 Å². The molecule has 16 heavy (non-hydrogen) atoms. The Labute approximate surface area is 106 Å². The largest absolute Gasteiger partial charge is 0.292 e. The number of ketones is 1. The fraction of sp³-hybridized carbons (Fsp3) is 0.100. The number of hydrogen-bond donors (Lipinski definition) is 0. The molecule has 2 rings (SSSR count). The third-order valence-electron chi connectivity index (χ3n) is 1.75. The van der Waals surface area contributed by atoms with Crippen LogP contribution in [0.1, 0.15) is 9.67 Å². The Bertz CT molecular complexity index is 487. The third-order valence-corrected chi connectivity index (χ3v) is 3.97. The summed E-state index contributed by atoms with van der Waals surface area (Å²) < 4.78 is 0.635. The van der Waals surface area contributed by atoms with Gasteiger partial charge in [0.2, 0.25) is 0 Å². The van der Waals surface area contributed by atoms with E-state index in [-0.39, 0.29) is 5.78 Å². The van der Waals surface area contributed by atoms with Gasteiger partial charge in [-0.2, -0.15) is 0 Å². The molecule has 0 N–H and O–H groups in total. The van der Waals surface area contributed by atoms with Crippen LogP contribution in [0.15, 0.2) is 35.7 Å². The maximum absolute atomic E-state index is 11.7. The zero-order chi connectivity index (χ0) is 11.4. The first kappa shape index (κ1) is 11.6. The van der Waals surface area contributed by atoms with Gasteiger partial charge in [0.05, 0.1) is 20.0 Å². The summed E-state index contributed by atoms with van der Waals surface area (Å²) in [6, 6.07) is 5.25. The number of halogens is 1. The van der Waals surface area contributed by atoms with E-state index in [4.69, 9.17) is 11.6 Å². The number of carbonyl (C=O) groups is 1. The summed E-state index contributed by atoms with van der Waals surface area (Å²) in [4.78, 5) is 20.2. The smallest absolute Gasteiger partial charge is 0.183 e. The molecule has 82 valence electrons. The van der Waals surface area contributed by atoms with E-state index in [1.165, 1.54) is 29.4 Å². The third kappa shape index (κ3) is 3.04. The molecule has 6 heteroatoms. The van der Waals surface area contributed by atoms with Crippen LogP contribution >= 0.6 is 34.7 Å². The molecule has 3 nitrogen and oxygen atoms in total. The molecule has 0 amide bonds. The van der Waals surface area contributed by atoms with E-state index >= 15 is 0 Å². The minimum absolute atomic E-state index is 0.0699. The van der Waals surface area contributed by atoms with Crippen molar-refractivity contribution >= 4 is 40.5 Å². The number of hydrogen-bond acceptors (Lipinski definition) is 5. The average molecular weight is 271 g/mol. The van der Waals surface area contributed by atoms with Crippen molar-refractivity contribution in [3.63, 3.8) is 0 Å². The lowest BCUT2D eigenvalue weighted by Crippen LogP contribution is -1.99. The highest BCUT2D eigenvalue weighted by atomic mass is 35.5. The minimum Gasteiger partial charge on any atom is -0.292 e. The number of aromatic nitrogens is 2. The molecule has 2 aromatic rings. The number of carbonyl (C=O) groups excluding carboxylic acids is 1. The number of Topliss-reactive ketones (excluding diaryl/α,β-unsaturated/α-hetero) is 1. The molecule has 0 aliphatic carbocycles. The van der Waals surface area contributed by atoms with Gasteiger partial charge >= 0.3 is 0 Å². The maximum atomic E-state index is 11.7. The van der Waals surface area contributed by atoms with E-state index < -0.39 is 0 Å². The van der Waals surface area contributed by atoms with Crippen LogP contribution in [0.25, 0.3) is 0 Å². The summed E-state index contributed by atoms with van der Waals surface area (Å²) in [5.41, 5.74) is 0. The second-order valence-corrected chi connectivity index (χ2v) is 5.57. The van der Waals surface area contributed by atoms with E-state index in [0.29, 0.717) is 15.0 Å². The number of nitrogens with zero attached hydrogens (tertiary/aromatic N) is 2. The van der Waals surface area contributed by atoms with Gasteiger partial charge in [0, 0.05) is 6.20 Å². The molecule has 0 bridgehead atoms. The topological polar surface area (TPSA) is 42.9 Å². The quantitative estimate of drug-likeness (QED) is 0.486. The predicted molar refractivity (Wildman–Crippen MR) is 66.4 cm³/mol. The van der Waals surface area contributed by atoms with Crippen LogP contribution in [0.5, 0.6) is 0 Å². The molecule has 0 atom stereocenters. The van der Waals surface area contributed by atoms with Crippen LogP contribution in [0, 0.1) is 0 Å². The molecule has 0 saturated heterocycles. The van der Waals surface area contributed by atoms with Crippen molar-refractivity contribution in [1.82, 2.24) is 9.97 Å². The van der Waals surface area contributed by atoms with Crippen molar-refractivity contribution in [2.45, 2.75) is 5.03 Å². The maximum Gasteiger partial charge on any atom is 0.183 e. The lowest BCUT2D eigenvalue weighted by molar-refractivity contribution is 0.102. The molecule has 2 aromatic heterocycles. The Morgan fingerprint density at radius 1 is 1.44 bits per heavy atom. The van der Waals surface area contributed by atoms with Gasteiger partial charge in [-0.25, -0.2) is 9.97 Å². The van der Waals surface area contributed by atoms with Crippen molar-refractivity contribution in [3.8, 4) is 0 Å². The Hall–Kier alpha value is -0.910. The normalized spacial score (nSPS) is 10.3. The Morgan fingerprint density at radius 2 is 2.31 bits per heavy atom. The summed E-state index contributed by atoms with van der Waals surface area (Å²) in [7, 11) is 0. The summed E-state index contributed by atoms with van der Waals surface area (Å²) in [5.74, 6) is 0.439. The summed E-state index contributed by atoms with van der Waals surface area (Å²) in [6.45, 7) is 0. The van der Waals surface area contributed by atoms with Crippen molar-refractivity contribution in [2.24, 2.45) is 0 Å². The molecule has 0 aromatic carbocycles. The first-order valence-electron chi connectivity index (χ1n) is 4.43. The molecule has 0 saturated carbocycles. The molecule has 0 aliphatic rings. The first-order valence-corrected chi connectivity index (χ1v) is 6.61. The van der Waals surface area contributed by atoms with Crippen LogP contribution in [0.4, 0.5) is 0 Å². The van der Waals surface area contributed by atoms with E-state index in [1.807, 2.05) is 0 Å². The van der Waals surface area contributed by atoms with Crippen molar-refractivity contribution in [2.75, 3.05) is 5.75 Å². The van der Waals surface area contributed by atoms with Gasteiger partial charge in [0.15, 0.2) is 5.78 Å². The Kier molecular flexibility index (Phi) is 3.93. The number of rotatable bonds is 4. The molecule has 0 unspecified atom stereocenters. The fourth-order valence-corrected chi connectivity index (χ4v) is 2.82. The zero-order valence-electron chi connectivity index (χ0n) is 8.09. The highest BCUT2D eigenvalue weighted by molar-refractivity contribution is 7.99. The lowest BCUT2D eigenvalue weighted by Gasteiger charge is -1.97. The van der Waals surface area contributed by atoms with Crippen LogP contribution in [0.2, 0.25) is 4.34 Å². The first-order chi connectivity index (χ1) is 7.75. The highest BCUT2D eigenvalue weighted by Gasteiger charge is 2.09. The summed E-state index contributed by atoms with van der Waals surface area (Å²) in [6.07, 6.45) is 3.12. The molecule has 0 radical (unpaired) electrons. The van der Waals surface area contributed by atoms with Gasteiger partial charge in [-0.15, -0.1) is 11.3 Å². The monoisotopic (exact) mass is 270 g/mol. The molecule has 0 aliphatic heterocycles. The number of thiophene rings is 1. The zero-order valence-corrected chi connectivity index (χ0v) is 10.5. The SMILES string of the molecule is O=C(CSc1ccncn1)c1ccc(Cl)s1. The lowest BCUT2D eigenvalue weighted by atomic mass is 10.4. The van der Waals surface area contributed by atoms with Crippen LogP contribution in [-0.4, -0.2) is 21.5 Å². The number of thioether (sulfide) groups is 1. The summed E-state index contributed by atoms with van der Waals surface area (Å²) in [5, 5.41) is 0.797. The van der Waals surface area contributed by atoms with Gasteiger partial charge in [0.1, 0.15) is 6.33 Å². The van der Waals surface area contributed by atoms with Gasteiger partial charge in [-0.1, -0.05) is 23.4 Å². The van der Waals surface area contributed by atoms with Gasteiger partial charge in [-0.05, 0) is 18.2 Å². The Balaban J connectivity index is 1.94. The second kappa shape index (κ2) is 5.43. The summed E-state index contributed by atoms with van der Waals surface area (Å²) >= 11 is 8.46. The highest BCUT2D eigenvalue weighted by Crippen LogP contribution is 2.24. The molecular weight excluding hydrogens is 264 g/mol. The van der Waals surface area contributed by atoms with Crippen molar-refractivity contribution in [1.29, 1.82) is 0 Å². The van der Waals surface area contributed by atoms with E-state index in [0.717, 1.165) is 5.03 Å². The van der Waals surface area contributed by atoms with Crippen molar-refractivity contribution in [3.05, 3.63) is 39.9 Å². The molecule has 2 heterocycles. The van der Waals surface area contributed by atoms with E-state index in [1.54, 1.807) is 24.4 Å². The standard InChI is InChI=1S/C10H7ClN2OS2/c11-9-2-1-8(16-9)7(14)5-15-10-3-4-12-6-13-10/h1-4,6H,5H2. The van der Waals surface area contributed by atoms with Gasteiger partial charge in [-0.3, -0.25) is 4.79 Å². The second-order valence-electron chi connectivity index (χ2n) is 2.86. The molecule has 0 spiro atoms. The van der Waals surface area contributed by atoms with Gasteiger partial charge < -0.3 is 0 Å². The molecule has 0 fully saturated rings. The van der Waals surface area contributed by atoms with Crippen LogP contribution in [0.3, 0.4) is 0 Å². The van der Waals surface area contributed by atoms with Crippen molar-refractivity contribution < 1.29 is 4.79 Å². The van der Waals surface area contributed by atoms with Gasteiger partial charge in [0.25, 0.3) is 0 Å². The van der Waals surface area contributed by atoms with E-state index in [9.17, 15) is 4.79 Å². The average Bonchev–Trinajstić information content (AvgIpc) is 2.74. The van der Waals surface area contributed by atoms with E-state index in [2.05, 4.69) is 9.97 Å². The minimum atomic E-state index is 0.0699. The molecular formula is C10H7ClN2OS2. The fourth-order valence-electron chi connectivity index (χ4n) is 1.04. The Morgan fingerprint density at radius 3 is 2.94 bits per heavy atom. The van der Waals surface area contributed by atoms with Crippen LogP contribution in [-0.2, 0) is 0 Å². The predicted octanol–water partition coefficient (Wildman–Crippen LogP) is 3.17.